The Morgan fingerprint density at radius 3 is 3.12 bits per heavy atom. The van der Waals surface area contributed by atoms with Crippen molar-refractivity contribution < 1.29 is 14.3 Å². The first-order valence-electron chi connectivity index (χ1n) is 8.34. The van der Waals surface area contributed by atoms with Gasteiger partial charge in [-0.25, -0.2) is 4.98 Å². The number of rotatable bonds is 5. The number of benzene rings is 1. The highest BCUT2D eigenvalue weighted by molar-refractivity contribution is 5.96. The summed E-state index contributed by atoms with van der Waals surface area (Å²) >= 11 is 0. The number of para-hydroxylation sites is 1. The molecule has 3 aromatic rings. The summed E-state index contributed by atoms with van der Waals surface area (Å²) in [5.41, 5.74) is 2.53. The fraction of sp³-hybridized carbons (Fsp3) is 0.263. The molecule has 6 heteroatoms. The molecule has 1 aliphatic heterocycles. The maximum atomic E-state index is 12.6. The Labute approximate surface area is 145 Å². The molecule has 1 fully saturated rings. The van der Waals surface area contributed by atoms with Crippen LogP contribution < -0.4 is 10.1 Å². The average Bonchev–Trinajstić information content (AvgIpc) is 3.30. The van der Waals surface area contributed by atoms with Gasteiger partial charge in [-0.15, -0.1) is 0 Å². The van der Waals surface area contributed by atoms with Crippen molar-refractivity contribution in [1.82, 2.24) is 15.3 Å². The summed E-state index contributed by atoms with van der Waals surface area (Å²) in [7, 11) is 0. The number of aromatic nitrogens is 2. The zero-order valence-corrected chi connectivity index (χ0v) is 13.7. The number of hydrogen-bond acceptors (Lipinski definition) is 4. The summed E-state index contributed by atoms with van der Waals surface area (Å²) in [6.45, 7) is 1.65. The molecule has 1 amide bonds. The molecular formula is C19H19N3O3. The van der Waals surface area contributed by atoms with Crippen molar-refractivity contribution in [2.45, 2.75) is 19.1 Å². The quantitative estimate of drug-likeness (QED) is 0.750. The van der Waals surface area contributed by atoms with Crippen LogP contribution in [0.15, 0.2) is 48.8 Å². The molecule has 2 N–H and O–H groups in total. The van der Waals surface area contributed by atoms with Crippen molar-refractivity contribution in [2.24, 2.45) is 0 Å². The first-order chi connectivity index (χ1) is 12.3. The van der Waals surface area contributed by atoms with Gasteiger partial charge >= 0.3 is 0 Å². The molecule has 0 radical (unpaired) electrons. The summed E-state index contributed by atoms with van der Waals surface area (Å²) in [5, 5.41) is 4.05. The molecule has 128 valence electrons. The molecule has 4 rings (SSSR count). The number of fused-ring (bicyclic) bond motifs is 1. The molecule has 1 unspecified atom stereocenters. The minimum atomic E-state index is -0.202. The summed E-state index contributed by atoms with van der Waals surface area (Å²) in [6, 6.07) is 11.5. The Morgan fingerprint density at radius 1 is 1.32 bits per heavy atom. The standard InChI is InChI=1S/C19H19N3O3/c23-18(22-11-13-10-21-17-6-2-1-4-15(13)17)16-5-3-8-20-19(16)25-14-7-9-24-12-14/h1-6,8,10,14,21H,7,9,11-12H2,(H,22,23). The molecule has 25 heavy (non-hydrogen) atoms. The number of amides is 1. The van der Waals surface area contributed by atoms with Gasteiger partial charge in [0.25, 0.3) is 5.91 Å². The number of ether oxygens (including phenoxy) is 2. The second-order valence-electron chi connectivity index (χ2n) is 6.00. The number of carbonyl (C=O) groups excluding carboxylic acids is 1. The molecule has 0 saturated carbocycles. The molecule has 1 saturated heterocycles. The second-order valence-corrected chi connectivity index (χ2v) is 6.00. The van der Waals surface area contributed by atoms with Crippen LogP contribution in [0.2, 0.25) is 0 Å². The fourth-order valence-electron chi connectivity index (χ4n) is 2.97. The molecule has 0 aliphatic carbocycles. The third kappa shape index (κ3) is 3.34. The van der Waals surface area contributed by atoms with Gasteiger partial charge in [-0.2, -0.15) is 0 Å². The lowest BCUT2D eigenvalue weighted by Gasteiger charge is -2.14. The summed E-state index contributed by atoms with van der Waals surface area (Å²) < 4.78 is 11.1. The van der Waals surface area contributed by atoms with Gasteiger partial charge in [0.1, 0.15) is 11.7 Å². The molecule has 3 heterocycles. The van der Waals surface area contributed by atoms with Gasteiger partial charge in [-0.3, -0.25) is 4.79 Å². The number of hydrogen-bond donors (Lipinski definition) is 2. The first-order valence-corrected chi connectivity index (χ1v) is 8.34. The number of aromatic amines is 1. The Balaban J connectivity index is 1.47. The van der Waals surface area contributed by atoms with E-state index in [2.05, 4.69) is 15.3 Å². The van der Waals surface area contributed by atoms with Crippen LogP contribution in [0, 0.1) is 0 Å². The SMILES string of the molecule is O=C(NCc1c[nH]c2ccccc12)c1cccnc1OC1CCOC1. The van der Waals surface area contributed by atoms with Gasteiger partial charge in [0.05, 0.1) is 13.2 Å². The maximum Gasteiger partial charge on any atom is 0.257 e. The van der Waals surface area contributed by atoms with Crippen LogP contribution in [0.4, 0.5) is 0 Å². The molecule has 1 atom stereocenters. The van der Waals surface area contributed by atoms with E-state index in [0.717, 1.165) is 22.9 Å². The molecular weight excluding hydrogens is 318 g/mol. The number of pyridine rings is 1. The summed E-state index contributed by atoms with van der Waals surface area (Å²) in [4.78, 5) is 20.0. The van der Waals surface area contributed by atoms with Crippen molar-refractivity contribution in [3.8, 4) is 5.88 Å². The van der Waals surface area contributed by atoms with Crippen LogP contribution in [0.25, 0.3) is 10.9 Å². The molecule has 0 spiro atoms. The topological polar surface area (TPSA) is 76.2 Å². The van der Waals surface area contributed by atoms with Crippen LogP contribution in [-0.2, 0) is 11.3 Å². The van der Waals surface area contributed by atoms with Crippen molar-refractivity contribution in [3.63, 3.8) is 0 Å². The fourth-order valence-corrected chi connectivity index (χ4v) is 2.97. The number of carbonyl (C=O) groups is 1. The Bertz CT molecular complexity index is 884. The maximum absolute atomic E-state index is 12.6. The number of H-pyrrole nitrogens is 1. The van der Waals surface area contributed by atoms with E-state index in [1.165, 1.54) is 0 Å². The van der Waals surface area contributed by atoms with Crippen LogP contribution >= 0.6 is 0 Å². The summed E-state index contributed by atoms with van der Waals surface area (Å²) in [5.74, 6) is 0.154. The Kier molecular flexibility index (Phi) is 4.35. The van der Waals surface area contributed by atoms with Crippen LogP contribution in [0.5, 0.6) is 5.88 Å². The van der Waals surface area contributed by atoms with E-state index < -0.39 is 0 Å². The van der Waals surface area contributed by atoms with E-state index in [1.807, 2.05) is 30.5 Å². The van der Waals surface area contributed by atoms with Gasteiger partial charge in [0.15, 0.2) is 0 Å². The smallest absolute Gasteiger partial charge is 0.257 e. The Morgan fingerprint density at radius 2 is 2.24 bits per heavy atom. The predicted molar refractivity (Wildman–Crippen MR) is 93.6 cm³/mol. The third-order valence-electron chi connectivity index (χ3n) is 4.30. The minimum Gasteiger partial charge on any atom is -0.471 e. The number of nitrogens with one attached hydrogen (secondary N) is 2. The second kappa shape index (κ2) is 6.94. The average molecular weight is 337 g/mol. The van der Waals surface area contributed by atoms with Crippen LogP contribution in [0.3, 0.4) is 0 Å². The van der Waals surface area contributed by atoms with Crippen molar-refractivity contribution in [3.05, 3.63) is 59.9 Å². The van der Waals surface area contributed by atoms with Gasteiger partial charge in [0, 0.05) is 36.3 Å². The van der Waals surface area contributed by atoms with Gasteiger partial charge in [-0.05, 0) is 23.8 Å². The van der Waals surface area contributed by atoms with Crippen LogP contribution in [-0.4, -0.2) is 35.2 Å². The summed E-state index contributed by atoms with van der Waals surface area (Å²) in [6.07, 6.45) is 4.31. The zero-order valence-electron chi connectivity index (χ0n) is 13.7. The van der Waals surface area contributed by atoms with Gasteiger partial charge < -0.3 is 19.8 Å². The largest absolute Gasteiger partial charge is 0.471 e. The molecule has 0 bridgehead atoms. The molecule has 2 aromatic heterocycles. The Hall–Kier alpha value is -2.86. The van der Waals surface area contributed by atoms with E-state index in [9.17, 15) is 4.79 Å². The normalized spacial score (nSPS) is 16.9. The highest BCUT2D eigenvalue weighted by Crippen LogP contribution is 2.20. The third-order valence-corrected chi connectivity index (χ3v) is 4.30. The monoisotopic (exact) mass is 337 g/mol. The highest BCUT2D eigenvalue weighted by Gasteiger charge is 2.21. The van der Waals surface area contributed by atoms with Crippen molar-refractivity contribution >= 4 is 16.8 Å². The van der Waals surface area contributed by atoms with E-state index in [1.54, 1.807) is 18.3 Å². The van der Waals surface area contributed by atoms with E-state index in [-0.39, 0.29) is 12.0 Å². The lowest BCUT2D eigenvalue weighted by molar-refractivity contribution is 0.0938. The predicted octanol–water partition coefficient (Wildman–Crippen LogP) is 2.66. The van der Waals surface area contributed by atoms with Gasteiger partial charge in [0.2, 0.25) is 5.88 Å². The van der Waals surface area contributed by atoms with Crippen molar-refractivity contribution in [1.29, 1.82) is 0 Å². The zero-order chi connectivity index (χ0) is 17.1. The van der Waals surface area contributed by atoms with Crippen LogP contribution in [0.1, 0.15) is 22.3 Å². The lowest BCUT2D eigenvalue weighted by Crippen LogP contribution is -2.25. The van der Waals surface area contributed by atoms with Crippen molar-refractivity contribution in [2.75, 3.05) is 13.2 Å². The van der Waals surface area contributed by atoms with E-state index >= 15 is 0 Å². The first kappa shape index (κ1) is 15.7. The molecule has 1 aliphatic rings. The molecule has 1 aromatic carbocycles. The van der Waals surface area contributed by atoms with Gasteiger partial charge in [-0.1, -0.05) is 18.2 Å². The highest BCUT2D eigenvalue weighted by atomic mass is 16.5. The van der Waals surface area contributed by atoms with E-state index in [0.29, 0.717) is 31.2 Å². The van der Waals surface area contributed by atoms with E-state index in [4.69, 9.17) is 9.47 Å². The number of nitrogens with zero attached hydrogens (tertiary/aromatic N) is 1. The molecule has 6 nitrogen and oxygen atoms in total. The minimum absolute atomic E-state index is 0.0462. The lowest BCUT2D eigenvalue weighted by atomic mass is 10.1.